The van der Waals surface area contributed by atoms with Gasteiger partial charge in [0.2, 0.25) is 11.8 Å². The van der Waals surface area contributed by atoms with Crippen LogP contribution < -0.4 is 18.6 Å². The van der Waals surface area contributed by atoms with Crippen molar-refractivity contribution in [2.75, 3.05) is 15.2 Å². The van der Waals surface area contributed by atoms with Crippen LogP contribution in [0.5, 0.6) is 0 Å². The first-order chi connectivity index (χ1) is 21.7. The quantitative estimate of drug-likeness (QED) is 0.142. The van der Waals surface area contributed by atoms with Crippen molar-refractivity contribution in [1.82, 2.24) is 10.0 Å². The van der Waals surface area contributed by atoms with Gasteiger partial charge in [0.05, 0.1) is 11.9 Å². The molecule has 4 aromatic carbocycles. The number of hydrogen-bond acceptors (Lipinski definition) is 6. The van der Waals surface area contributed by atoms with E-state index < -0.39 is 39.3 Å². The molecule has 1 amide bonds. The Hall–Kier alpha value is -4.65. The van der Waals surface area contributed by atoms with Crippen molar-refractivity contribution in [1.29, 1.82) is 0 Å². The molecule has 10 nitrogen and oxygen atoms in total. The highest BCUT2D eigenvalue weighted by Crippen LogP contribution is 2.28. The standard InChI is InChI=1S/C33H34N4O6S2/c38-32-24-36(45(42,43)35-32)29-18-14-26(15-19-29)23-31(33(39)34-22-8-7-11-25-9-3-1-4-10-25)37(44(40)41)30-20-16-28(17-21-30)27-12-5-2-6-13-27/h1-6,9-10,12-21,24,31,35,38H,7-8,11,22-23H2,(H,34,39)(H,40,41)/p-1. The number of rotatable bonds is 13. The third-order valence-electron chi connectivity index (χ3n) is 7.36. The number of anilines is 2. The summed E-state index contributed by atoms with van der Waals surface area (Å²) in [6.45, 7) is 0.378. The van der Waals surface area contributed by atoms with Crippen LogP contribution in [0.4, 0.5) is 11.4 Å². The summed E-state index contributed by atoms with van der Waals surface area (Å²) in [6.07, 6.45) is 3.50. The second-order valence-electron chi connectivity index (χ2n) is 10.5. The van der Waals surface area contributed by atoms with Crippen LogP contribution >= 0.6 is 0 Å². The van der Waals surface area contributed by atoms with Gasteiger partial charge in [0.1, 0.15) is 6.04 Å². The molecule has 0 radical (unpaired) electrons. The van der Waals surface area contributed by atoms with Crippen molar-refractivity contribution >= 4 is 38.8 Å². The number of aryl methyl sites for hydroxylation is 1. The predicted molar refractivity (Wildman–Crippen MR) is 175 cm³/mol. The van der Waals surface area contributed by atoms with Gasteiger partial charge < -0.3 is 15.0 Å². The topological polar surface area (TPSA) is 142 Å². The van der Waals surface area contributed by atoms with Crippen LogP contribution in [0.1, 0.15) is 24.0 Å². The van der Waals surface area contributed by atoms with Gasteiger partial charge in [-0.1, -0.05) is 84.9 Å². The molecule has 234 valence electrons. The summed E-state index contributed by atoms with van der Waals surface area (Å²) in [7, 11) is -3.97. The summed E-state index contributed by atoms with van der Waals surface area (Å²) in [5.41, 5.74) is 4.28. The molecule has 12 heteroatoms. The summed E-state index contributed by atoms with van der Waals surface area (Å²) in [4.78, 5) is 13.6. The zero-order valence-corrected chi connectivity index (χ0v) is 25.9. The molecule has 0 aromatic heterocycles. The lowest BCUT2D eigenvalue weighted by atomic mass is 10.0. The second-order valence-corrected chi connectivity index (χ2v) is 12.9. The number of aliphatic hydroxyl groups is 1. The summed E-state index contributed by atoms with van der Waals surface area (Å²) >= 11 is -2.79. The monoisotopic (exact) mass is 645 g/mol. The van der Waals surface area contributed by atoms with E-state index in [1.807, 2.05) is 65.4 Å². The maximum Gasteiger partial charge on any atom is 0.330 e. The number of hydrogen-bond donors (Lipinski definition) is 3. The van der Waals surface area contributed by atoms with Gasteiger partial charge in [0.25, 0.3) is 0 Å². The molecule has 1 aliphatic rings. The average Bonchev–Trinajstić information content (AvgIpc) is 3.33. The van der Waals surface area contributed by atoms with Crippen molar-refractivity contribution in [3.05, 3.63) is 132 Å². The van der Waals surface area contributed by atoms with E-state index in [4.69, 9.17) is 0 Å². The van der Waals surface area contributed by atoms with Gasteiger partial charge in [-0.3, -0.25) is 13.3 Å². The predicted octanol–water partition coefficient (Wildman–Crippen LogP) is 4.72. The number of aliphatic hydroxyl groups excluding tert-OH is 1. The highest BCUT2D eigenvalue weighted by Gasteiger charge is 2.30. The van der Waals surface area contributed by atoms with E-state index in [1.165, 1.54) is 17.7 Å². The summed E-state index contributed by atoms with van der Waals surface area (Å²) in [6, 6.07) is 31.9. The smallest absolute Gasteiger partial charge is 0.330 e. The van der Waals surface area contributed by atoms with Gasteiger partial charge >= 0.3 is 10.2 Å². The Balaban J connectivity index is 1.35. The van der Waals surface area contributed by atoms with E-state index in [2.05, 4.69) is 17.4 Å². The van der Waals surface area contributed by atoms with Crippen LogP contribution in [0.2, 0.25) is 0 Å². The van der Waals surface area contributed by atoms with Gasteiger partial charge in [0.15, 0.2) is 0 Å². The summed E-state index contributed by atoms with van der Waals surface area (Å²) < 4.78 is 53.8. The SMILES string of the molecule is O=C(NCCCCc1ccccc1)C(Cc1ccc(N2C=C(O)NS2(=O)=O)cc1)N(c1ccc(-c2ccccc2)cc1)S(=O)[O-]. The molecule has 2 atom stereocenters. The van der Waals surface area contributed by atoms with Gasteiger partial charge in [-0.05, 0) is 65.8 Å². The first kappa shape index (κ1) is 31.8. The molecule has 1 heterocycles. The first-order valence-electron chi connectivity index (χ1n) is 14.4. The van der Waals surface area contributed by atoms with E-state index in [9.17, 15) is 27.1 Å². The third-order valence-corrected chi connectivity index (χ3v) is 9.45. The average molecular weight is 646 g/mol. The number of nitrogens with zero attached hydrogens (tertiary/aromatic N) is 2. The minimum absolute atomic E-state index is 0.0244. The van der Waals surface area contributed by atoms with Crippen molar-refractivity contribution < 1.29 is 27.1 Å². The Labute approximate surface area is 265 Å². The minimum Gasteiger partial charge on any atom is -0.755 e. The molecule has 0 fully saturated rings. The third kappa shape index (κ3) is 8.09. The van der Waals surface area contributed by atoms with E-state index in [0.717, 1.165) is 38.8 Å². The normalized spacial score (nSPS) is 15.0. The molecule has 0 saturated heterocycles. The zero-order valence-electron chi connectivity index (χ0n) is 24.3. The second kappa shape index (κ2) is 14.4. The number of nitrogens with one attached hydrogen (secondary N) is 2. The van der Waals surface area contributed by atoms with Gasteiger partial charge in [-0.2, -0.15) is 8.42 Å². The van der Waals surface area contributed by atoms with E-state index in [0.29, 0.717) is 24.2 Å². The van der Waals surface area contributed by atoms with Crippen molar-refractivity contribution in [2.45, 2.75) is 31.7 Å². The molecular weight excluding hydrogens is 613 g/mol. The largest absolute Gasteiger partial charge is 0.755 e. The minimum atomic E-state index is -3.97. The van der Waals surface area contributed by atoms with Gasteiger partial charge in [0, 0.05) is 29.9 Å². The fourth-order valence-corrected chi connectivity index (χ4v) is 6.84. The number of unbranched alkanes of at least 4 members (excludes halogenated alkanes) is 1. The van der Waals surface area contributed by atoms with E-state index in [-0.39, 0.29) is 12.1 Å². The highest BCUT2D eigenvalue weighted by molar-refractivity contribution is 7.91. The van der Waals surface area contributed by atoms with Crippen LogP contribution in [0.25, 0.3) is 11.1 Å². The molecule has 0 aliphatic carbocycles. The first-order valence-corrected chi connectivity index (χ1v) is 16.9. The molecule has 4 aromatic rings. The molecule has 0 bridgehead atoms. The Kier molecular flexibility index (Phi) is 10.2. The lowest BCUT2D eigenvalue weighted by molar-refractivity contribution is -0.122. The van der Waals surface area contributed by atoms with Gasteiger partial charge in [-0.15, -0.1) is 0 Å². The number of carbonyl (C=O) groups is 1. The molecular formula is C33H33N4O6S2-. The molecule has 45 heavy (non-hydrogen) atoms. The fourth-order valence-electron chi connectivity index (χ4n) is 5.12. The van der Waals surface area contributed by atoms with Crippen molar-refractivity contribution in [3.8, 4) is 11.1 Å². The van der Waals surface area contributed by atoms with Crippen LogP contribution in [0.3, 0.4) is 0 Å². The molecule has 5 rings (SSSR count). The Morgan fingerprint density at radius 1 is 0.867 bits per heavy atom. The Bertz CT molecular complexity index is 1750. The number of carbonyl (C=O) groups excluding carboxylic acids is 1. The maximum absolute atomic E-state index is 13.6. The lowest BCUT2D eigenvalue weighted by Crippen LogP contribution is -2.49. The van der Waals surface area contributed by atoms with Crippen LogP contribution in [0, 0.1) is 0 Å². The van der Waals surface area contributed by atoms with Crippen molar-refractivity contribution in [3.63, 3.8) is 0 Å². The lowest BCUT2D eigenvalue weighted by Gasteiger charge is -2.34. The zero-order chi connectivity index (χ0) is 31.8. The van der Waals surface area contributed by atoms with Gasteiger partial charge in [-0.25, -0.2) is 9.03 Å². The molecule has 1 aliphatic heterocycles. The summed E-state index contributed by atoms with van der Waals surface area (Å²) in [5, 5.41) is 12.5. The molecule has 2 unspecified atom stereocenters. The number of amides is 1. The fraction of sp³-hybridized carbons (Fsp3) is 0.182. The summed E-state index contributed by atoms with van der Waals surface area (Å²) in [5.74, 6) is -0.958. The molecule has 0 saturated carbocycles. The Morgan fingerprint density at radius 2 is 1.49 bits per heavy atom. The van der Waals surface area contributed by atoms with E-state index in [1.54, 1.807) is 24.3 Å². The Morgan fingerprint density at radius 3 is 2.09 bits per heavy atom. The number of benzene rings is 4. The van der Waals surface area contributed by atoms with Crippen LogP contribution in [-0.4, -0.2) is 40.8 Å². The molecule has 3 N–H and O–H groups in total. The maximum atomic E-state index is 13.6. The highest BCUT2D eigenvalue weighted by atomic mass is 32.2. The van der Waals surface area contributed by atoms with E-state index >= 15 is 0 Å². The van der Waals surface area contributed by atoms with Crippen LogP contribution in [-0.2, 0) is 39.1 Å². The molecule has 0 spiro atoms. The van der Waals surface area contributed by atoms with Crippen molar-refractivity contribution in [2.24, 2.45) is 0 Å². The van der Waals surface area contributed by atoms with Crippen LogP contribution in [0.15, 0.2) is 121 Å².